The van der Waals surface area contributed by atoms with Crippen LogP contribution in [-0.2, 0) is 9.53 Å². The molecule has 1 atom stereocenters. The van der Waals surface area contributed by atoms with E-state index in [0.717, 1.165) is 28.1 Å². The van der Waals surface area contributed by atoms with Gasteiger partial charge < -0.3 is 14.6 Å². The predicted octanol–water partition coefficient (Wildman–Crippen LogP) is 3.22. The highest BCUT2D eigenvalue weighted by Gasteiger charge is 2.38. The molecule has 2 aromatic rings. The molecule has 2 amide bonds. The molecule has 3 rings (SSSR count). The molecular formula is C17H22N4O3S. The number of hydrogen-bond acceptors (Lipinski definition) is 5. The van der Waals surface area contributed by atoms with E-state index in [9.17, 15) is 9.59 Å². The van der Waals surface area contributed by atoms with E-state index in [-0.39, 0.29) is 12.5 Å². The van der Waals surface area contributed by atoms with Gasteiger partial charge >= 0.3 is 6.09 Å². The minimum absolute atomic E-state index is 0.121. The second-order valence-corrected chi connectivity index (χ2v) is 7.01. The van der Waals surface area contributed by atoms with E-state index in [0.29, 0.717) is 12.5 Å². The molecule has 1 saturated heterocycles. The van der Waals surface area contributed by atoms with Crippen molar-refractivity contribution in [2.75, 3.05) is 23.7 Å². The Bertz CT molecular complexity index is 791. The molecule has 0 aliphatic carbocycles. The SMILES string of the molecule is CCCSc1ccc2[nH]c(N3C[C@@H](N(CC)C(C)=O)OC3=O)nc2c1. The fraction of sp³-hybridized carbons (Fsp3) is 0.471. The molecule has 0 spiro atoms. The van der Waals surface area contributed by atoms with Gasteiger partial charge in [-0.3, -0.25) is 4.79 Å². The zero-order valence-corrected chi connectivity index (χ0v) is 15.4. The third kappa shape index (κ3) is 3.58. The molecule has 8 heteroatoms. The summed E-state index contributed by atoms with van der Waals surface area (Å²) in [5, 5.41) is 0. The van der Waals surface area contributed by atoms with Gasteiger partial charge in [-0.05, 0) is 37.3 Å². The zero-order valence-electron chi connectivity index (χ0n) is 14.6. The van der Waals surface area contributed by atoms with Gasteiger partial charge in [0.25, 0.3) is 0 Å². The fourth-order valence-corrected chi connectivity index (χ4v) is 3.62. The Morgan fingerprint density at radius 3 is 2.96 bits per heavy atom. The van der Waals surface area contributed by atoms with Gasteiger partial charge in [0, 0.05) is 18.4 Å². The number of aromatic nitrogens is 2. The lowest BCUT2D eigenvalue weighted by atomic mass is 10.3. The van der Waals surface area contributed by atoms with Crippen LogP contribution in [-0.4, -0.2) is 51.9 Å². The number of nitrogens with zero attached hydrogens (tertiary/aromatic N) is 3. The average molecular weight is 362 g/mol. The first-order valence-electron chi connectivity index (χ1n) is 8.41. The summed E-state index contributed by atoms with van der Waals surface area (Å²) in [6.07, 6.45) is 0.0304. The number of H-pyrrole nitrogens is 1. The summed E-state index contributed by atoms with van der Waals surface area (Å²) in [4.78, 5) is 35.7. The summed E-state index contributed by atoms with van der Waals surface area (Å²) in [5.41, 5.74) is 1.68. The first-order valence-corrected chi connectivity index (χ1v) is 9.40. The Morgan fingerprint density at radius 2 is 2.28 bits per heavy atom. The second-order valence-electron chi connectivity index (χ2n) is 5.84. The number of fused-ring (bicyclic) bond motifs is 1. The van der Waals surface area contributed by atoms with E-state index in [4.69, 9.17) is 4.74 Å². The molecule has 0 bridgehead atoms. The highest BCUT2D eigenvalue weighted by molar-refractivity contribution is 7.99. The summed E-state index contributed by atoms with van der Waals surface area (Å²) in [7, 11) is 0. The van der Waals surface area contributed by atoms with E-state index in [1.54, 1.807) is 11.8 Å². The van der Waals surface area contributed by atoms with Crippen molar-refractivity contribution in [1.82, 2.24) is 14.9 Å². The van der Waals surface area contributed by atoms with Gasteiger partial charge in [0.2, 0.25) is 11.9 Å². The molecule has 1 aliphatic rings. The minimum Gasteiger partial charge on any atom is -0.423 e. The molecule has 25 heavy (non-hydrogen) atoms. The summed E-state index contributed by atoms with van der Waals surface area (Å²) in [5.74, 6) is 1.38. The maximum Gasteiger partial charge on any atom is 0.418 e. The van der Waals surface area contributed by atoms with Crippen LogP contribution >= 0.6 is 11.8 Å². The molecule has 1 aromatic carbocycles. The molecule has 1 N–H and O–H groups in total. The van der Waals surface area contributed by atoms with Crippen molar-refractivity contribution in [3.05, 3.63) is 18.2 Å². The summed E-state index contributed by atoms with van der Waals surface area (Å²) < 4.78 is 5.34. The molecular weight excluding hydrogens is 340 g/mol. The van der Waals surface area contributed by atoms with Gasteiger partial charge in [-0.25, -0.2) is 14.7 Å². The Labute approximate surface area is 150 Å². The van der Waals surface area contributed by atoms with Crippen LogP contribution in [0.25, 0.3) is 11.0 Å². The molecule has 2 heterocycles. The average Bonchev–Trinajstić information content (AvgIpc) is 3.16. The zero-order chi connectivity index (χ0) is 18.0. The summed E-state index contributed by atoms with van der Waals surface area (Å²) in [6, 6.07) is 6.03. The fourth-order valence-electron chi connectivity index (χ4n) is 2.82. The van der Waals surface area contributed by atoms with Crippen molar-refractivity contribution >= 4 is 40.7 Å². The van der Waals surface area contributed by atoms with Crippen molar-refractivity contribution in [2.45, 2.75) is 38.3 Å². The van der Waals surface area contributed by atoms with Crippen LogP contribution in [0, 0.1) is 0 Å². The Kier molecular flexibility index (Phi) is 5.17. The first kappa shape index (κ1) is 17.6. The maximum atomic E-state index is 12.2. The standard InChI is InChI=1S/C17H22N4O3S/c1-4-8-25-12-6-7-13-14(9-12)19-16(18-13)21-10-15(24-17(21)23)20(5-2)11(3)22/h6-7,9,15H,4-5,8,10H2,1-3H3,(H,18,19)/t15-/m0/s1. The lowest BCUT2D eigenvalue weighted by molar-refractivity contribution is -0.136. The number of hydrogen-bond donors (Lipinski definition) is 1. The van der Waals surface area contributed by atoms with E-state index < -0.39 is 12.3 Å². The number of likely N-dealkylation sites (N-methyl/N-ethyl adjacent to an activating group) is 1. The molecule has 0 saturated carbocycles. The van der Waals surface area contributed by atoms with Gasteiger partial charge in [-0.2, -0.15) is 0 Å². The number of carbonyl (C=O) groups is 2. The Balaban J connectivity index is 1.81. The molecule has 0 unspecified atom stereocenters. The van der Waals surface area contributed by atoms with Crippen LogP contribution in [0.1, 0.15) is 27.2 Å². The number of rotatable bonds is 6. The number of cyclic esters (lactones) is 1. The Morgan fingerprint density at radius 1 is 1.48 bits per heavy atom. The number of benzene rings is 1. The number of nitrogens with one attached hydrogen (secondary N) is 1. The lowest BCUT2D eigenvalue weighted by Gasteiger charge is -2.23. The van der Waals surface area contributed by atoms with Gasteiger partial charge in [-0.1, -0.05) is 6.92 Å². The quantitative estimate of drug-likeness (QED) is 0.798. The molecule has 7 nitrogen and oxygen atoms in total. The second kappa shape index (κ2) is 7.35. The number of carbonyl (C=O) groups excluding carboxylic acids is 2. The minimum atomic E-state index is -0.584. The molecule has 1 fully saturated rings. The Hall–Kier alpha value is -2.22. The van der Waals surface area contributed by atoms with Crippen LogP contribution < -0.4 is 4.90 Å². The predicted molar refractivity (Wildman–Crippen MR) is 97.8 cm³/mol. The number of aromatic amines is 1. The van der Waals surface area contributed by atoms with Crippen LogP contribution in [0.2, 0.25) is 0 Å². The van der Waals surface area contributed by atoms with Crippen LogP contribution in [0.5, 0.6) is 0 Å². The highest BCUT2D eigenvalue weighted by atomic mass is 32.2. The van der Waals surface area contributed by atoms with Crippen molar-refractivity contribution in [3.8, 4) is 0 Å². The monoisotopic (exact) mass is 362 g/mol. The lowest BCUT2D eigenvalue weighted by Crippen LogP contribution is -2.41. The van der Waals surface area contributed by atoms with E-state index in [1.807, 2.05) is 25.1 Å². The van der Waals surface area contributed by atoms with Crippen molar-refractivity contribution < 1.29 is 14.3 Å². The highest BCUT2D eigenvalue weighted by Crippen LogP contribution is 2.27. The van der Waals surface area contributed by atoms with Gasteiger partial charge in [-0.15, -0.1) is 11.8 Å². The van der Waals surface area contributed by atoms with Crippen LogP contribution in [0.3, 0.4) is 0 Å². The number of imidazole rings is 1. The van der Waals surface area contributed by atoms with Gasteiger partial charge in [0.05, 0.1) is 17.6 Å². The van der Waals surface area contributed by atoms with E-state index in [1.165, 1.54) is 16.7 Å². The number of amides is 2. The van der Waals surface area contributed by atoms with Gasteiger partial charge in [0.15, 0.2) is 6.23 Å². The third-order valence-electron chi connectivity index (χ3n) is 4.06. The topological polar surface area (TPSA) is 78.5 Å². The van der Waals surface area contributed by atoms with E-state index >= 15 is 0 Å². The van der Waals surface area contributed by atoms with E-state index in [2.05, 4.69) is 16.9 Å². The first-order chi connectivity index (χ1) is 12.0. The number of ether oxygens (including phenoxy) is 1. The van der Waals surface area contributed by atoms with Crippen molar-refractivity contribution in [1.29, 1.82) is 0 Å². The van der Waals surface area contributed by atoms with Crippen LogP contribution in [0.4, 0.5) is 10.7 Å². The molecule has 1 aliphatic heterocycles. The van der Waals surface area contributed by atoms with Gasteiger partial charge in [0.1, 0.15) is 0 Å². The molecule has 0 radical (unpaired) electrons. The summed E-state index contributed by atoms with van der Waals surface area (Å²) in [6.45, 7) is 6.22. The maximum absolute atomic E-state index is 12.2. The number of anilines is 1. The van der Waals surface area contributed by atoms with Crippen molar-refractivity contribution in [3.63, 3.8) is 0 Å². The smallest absolute Gasteiger partial charge is 0.418 e. The van der Waals surface area contributed by atoms with Crippen LogP contribution in [0.15, 0.2) is 23.1 Å². The molecule has 1 aromatic heterocycles. The summed E-state index contributed by atoms with van der Waals surface area (Å²) >= 11 is 1.78. The molecule has 134 valence electrons. The van der Waals surface area contributed by atoms with Crippen molar-refractivity contribution in [2.24, 2.45) is 0 Å². The number of thioether (sulfide) groups is 1. The third-order valence-corrected chi connectivity index (χ3v) is 5.26. The normalized spacial score (nSPS) is 17.2. The largest absolute Gasteiger partial charge is 0.423 e.